The molecule has 0 radical (unpaired) electrons. The first-order chi connectivity index (χ1) is 15.9. The minimum absolute atomic E-state index is 0.113. The van der Waals surface area contributed by atoms with Gasteiger partial charge in [0.2, 0.25) is 0 Å². The van der Waals surface area contributed by atoms with Crippen LogP contribution in [-0.2, 0) is 22.9 Å². The fourth-order valence-corrected chi connectivity index (χ4v) is 5.19. The highest BCUT2D eigenvalue weighted by atomic mass is 32.2. The Labute approximate surface area is 194 Å². The number of hydrogen-bond acceptors (Lipinski definition) is 5. The van der Waals surface area contributed by atoms with E-state index in [1.165, 1.54) is 0 Å². The molecule has 0 amide bonds. The third-order valence-electron chi connectivity index (χ3n) is 6.12. The Morgan fingerprint density at radius 3 is 2.58 bits per heavy atom. The number of aryl methyl sites for hydroxylation is 1. The van der Waals surface area contributed by atoms with Crippen molar-refractivity contribution in [3.63, 3.8) is 0 Å². The van der Waals surface area contributed by atoms with E-state index in [0.717, 1.165) is 64.5 Å². The van der Waals surface area contributed by atoms with Gasteiger partial charge >= 0.3 is 0 Å². The number of aromatic amines is 1. The highest BCUT2D eigenvalue weighted by molar-refractivity contribution is 7.91. The topological polar surface area (TPSA) is 75.3 Å². The van der Waals surface area contributed by atoms with E-state index >= 15 is 0 Å². The van der Waals surface area contributed by atoms with Crippen molar-refractivity contribution in [3.8, 4) is 16.9 Å². The Morgan fingerprint density at radius 1 is 1.03 bits per heavy atom. The molecule has 5 rings (SSSR count). The highest BCUT2D eigenvalue weighted by Crippen LogP contribution is 2.31. The van der Waals surface area contributed by atoms with Crippen LogP contribution in [-0.4, -0.2) is 42.2 Å². The molecule has 33 heavy (non-hydrogen) atoms. The van der Waals surface area contributed by atoms with Crippen molar-refractivity contribution in [2.45, 2.75) is 31.8 Å². The van der Waals surface area contributed by atoms with E-state index in [-0.39, 0.29) is 5.75 Å². The van der Waals surface area contributed by atoms with Gasteiger partial charge in [-0.05, 0) is 60.0 Å². The number of ether oxygens (including phenoxy) is 1. The van der Waals surface area contributed by atoms with Gasteiger partial charge in [0.25, 0.3) is 0 Å². The van der Waals surface area contributed by atoms with Crippen molar-refractivity contribution in [2.75, 3.05) is 18.9 Å². The number of benzene rings is 3. The Bertz CT molecular complexity index is 1410. The van der Waals surface area contributed by atoms with Crippen LogP contribution in [0.2, 0.25) is 0 Å². The summed E-state index contributed by atoms with van der Waals surface area (Å²) in [5.41, 5.74) is 6.52. The van der Waals surface area contributed by atoms with Crippen LogP contribution in [0.4, 0.5) is 0 Å². The number of imidazole rings is 1. The lowest BCUT2D eigenvalue weighted by Crippen LogP contribution is -2.25. The van der Waals surface area contributed by atoms with E-state index < -0.39 is 9.84 Å². The number of fused-ring (bicyclic) bond motifs is 2. The van der Waals surface area contributed by atoms with Crippen LogP contribution in [0.3, 0.4) is 0 Å². The van der Waals surface area contributed by atoms with Gasteiger partial charge in [-0.2, -0.15) is 0 Å². The maximum absolute atomic E-state index is 12.1. The molecule has 2 heterocycles. The van der Waals surface area contributed by atoms with E-state index in [4.69, 9.17) is 4.74 Å². The average molecular weight is 462 g/mol. The SMILES string of the molecule is CCS(=O)(=O)c1ccc(CN2CCOc3ccc(-c4ccc5nc(C)[nH]c5c4)cc3C2)cc1. The third kappa shape index (κ3) is 4.51. The Balaban J connectivity index is 1.37. The quantitative estimate of drug-likeness (QED) is 0.465. The smallest absolute Gasteiger partial charge is 0.178 e. The van der Waals surface area contributed by atoms with E-state index in [1.807, 2.05) is 25.1 Å². The number of nitrogens with zero attached hydrogens (tertiary/aromatic N) is 2. The van der Waals surface area contributed by atoms with Gasteiger partial charge in [-0.1, -0.05) is 31.2 Å². The van der Waals surface area contributed by atoms with Crippen LogP contribution < -0.4 is 4.74 Å². The second-order valence-electron chi connectivity index (χ2n) is 8.48. The summed E-state index contributed by atoms with van der Waals surface area (Å²) in [5, 5.41) is 0. The molecular weight excluding hydrogens is 434 g/mol. The van der Waals surface area contributed by atoms with Gasteiger partial charge in [-0.3, -0.25) is 4.90 Å². The second-order valence-corrected chi connectivity index (χ2v) is 10.8. The largest absolute Gasteiger partial charge is 0.492 e. The number of H-pyrrole nitrogens is 1. The summed E-state index contributed by atoms with van der Waals surface area (Å²) in [6.07, 6.45) is 0. The van der Waals surface area contributed by atoms with Gasteiger partial charge in [0.1, 0.15) is 18.2 Å². The van der Waals surface area contributed by atoms with Crippen LogP contribution >= 0.6 is 0 Å². The summed E-state index contributed by atoms with van der Waals surface area (Å²) in [7, 11) is -3.18. The number of nitrogens with one attached hydrogen (secondary N) is 1. The molecule has 3 aromatic carbocycles. The van der Waals surface area contributed by atoms with E-state index in [2.05, 4.69) is 45.2 Å². The van der Waals surface area contributed by atoms with Crippen LogP contribution in [0.1, 0.15) is 23.9 Å². The Kier molecular flexibility index (Phi) is 5.68. The molecule has 6 nitrogen and oxygen atoms in total. The molecule has 170 valence electrons. The van der Waals surface area contributed by atoms with Gasteiger partial charge < -0.3 is 9.72 Å². The van der Waals surface area contributed by atoms with Gasteiger partial charge in [-0.25, -0.2) is 13.4 Å². The highest BCUT2D eigenvalue weighted by Gasteiger charge is 2.17. The zero-order valence-electron chi connectivity index (χ0n) is 18.8. The monoisotopic (exact) mass is 461 g/mol. The maximum Gasteiger partial charge on any atom is 0.178 e. The maximum atomic E-state index is 12.1. The summed E-state index contributed by atoms with van der Waals surface area (Å²) in [6.45, 7) is 6.55. The molecule has 1 aromatic heterocycles. The second kappa shape index (κ2) is 8.65. The molecule has 4 aromatic rings. The number of aromatic nitrogens is 2. The van der Waals surface area contributed by atoms with Gasteiger partial charge in [0, 0.05) is 25.2 Å². The lowest BCUT2D eigenvalue weighted by atomic mass is 10.0. The Morgan fingerprint density at radius 2 is 1.79 bits per heavy atom. The molecule has 0 saturated carbocycles. The van der Waals surface area contributed by atoms with Crippen molar-refractivity contribution in [1.29, 1.82) is 0 Å². The lowest BCUT2D eigenvalue weighted by Gasteiger charge is -2.20. The summed E-state index contributed by atoms with van der Waals surface area (Å²) >= 11 is 0. The lowest BCUT2D eigenvalue weighted by molar-refractivity contribution is 0.219. The third-order valence-corrected chi connectivity index (χ3v) is 7.87. The summed E-state index contributed by atoms with van der Waals surface area (Å²) in [4.78, 5) is 10.5. The predicted octanol–water partition coefficient (Wildman–Crippen LogP) is 4.73. The minimum Gasteiger partial charge on any atom is -0.492 e. The Hall–Kier alpha value is -3.16. The molecule has 0 atom stereocenters. The van der Waals surface area contributed by atoms with Crippen molar-refractivity contribution >= 4 is 20.9 Å². The summed E-state index contributed by atoms with van der Waals surface area (Å²) in [5.74, 6) is 1.94. The van der Waals surface area contributed by atoms with Gasteiger partial charge in [0.15, 0.2) is 9.84 Å². The number of hydrogen-bond donors (Lipinski definition) is 1. The number of sulfone groups is 1. The first-order valence-electron chi connectivity index (χ1n) is 11.2. The first-order valence-corrected chi connectivity index (χ1v) is 12.8. The number of rotatable bonds is 5. The molecule has 1 aliphatic heterocycles. The zero-order chi connectivity index (χ0) is 23.0. The molecule has 0 bridgehead atoms. The van der Waals surface area contributed by atoms with Crippen molar-refractivity contribution in [3.05, 3.63) is 77.6 Å². The molecule has 0 spiro atoms. The van der Waals surface area contributed by atoms with Crippen LogP contribution in [0.25, 0.3) is 22.2 Å². The first kappa shape index (κ1) is 21.7. The fourth-order valence-electron chi connectivity index (χ4n) is 4.31. The molecular formula is C26H27N3O3S. The molecule has 0 fully saturated rings. The molecule has 0 unspecified atom stereocenters. The van der Waals surface area contributed by atoms with Crippen LogP contribution in [0.5, 0.6) is 5.75 Å². The summed E-state index contributed by atoms with van der Waals surface area (Å²) in [6, 6.07) is 19.9. The van der Waals surface area contributed by atoms with Crippen molar-refractivity contribution < 1.29 is 13.2 Å². The van der Waals surface area contributed by atoms with Crippen LogP contribution in [0, 0.1) is 6.92 Å². The molecule has 0 aliphatic carbocycles. The predicted molar refractivity (Wildman–Crippen MR) is 130 cm³/mol. The molecule has 1 aliphatic rings. The fraction of sp³-hybridized carbons (Fsp3) is 0.269. The van der Waals surface area contributed by atoms with Gasteiger partial charge in [-0.15, -0.1) is 0 Å². The summed E-state index contributed by atoms with van der Waals surface area (Å²) < 4.78 is 30.2. The minimum atomic E-state index is -3.18. The van der Waals surface area contributed by atoms with Crippen molar-refractivity contribution in [1.82, 2.24) is 14.9 Å². The average Bonchev–Trinajstić information content (AvgIpc) is 3.07. The van der Waals surface area contributed by atoms with Gasteiger partial charge in [0.05, 0.1) is 21.7 Å². The van der Waals surface area contributed by atoms with Crippen LogP contribution in [0.15, 0.2) is 65.6 Å². The van der Waals surface area contributed by atoms with E-state index in [9.17, 15) is 8.42 Å². The zero-order valence-corrected chi connectivity index (χ0v) is 19.7. The van der Waals surface area contributed by atoms with Crippen molar-refractivity contribution in [2.24, 2.45) is 0 Å². The molecule has 7 heteroatoms. The molecule has 0 saturated heterocycles. The van der Waals surface area contributed by atoms with E-state index in [1.54, 1.807) is 19.1 Å². The van der Waals surface area contributed by atoms with E-state index in [0.29, 0.717) is 11.5 Å². The normalized spacial score (nSPS) is 14.6. The molecule has 1 N–H and O–H groups in total. The standard InChI is InChI=1S/C26H27N3O3S/c1-3-33(30,31)23-8-4-19(5-9-23)16-29-12-13-32-26-11-7-20(14-22(26)17-29)21-6-10-24-25(15-21)28-18(2)27-24/h4-11,14-15H,3,12-13,16-17H2,1-2H3,(H,27,28).